The number of hydrogen-bond acceptors (Lipinski definition) is 4. The van der Waals surface area contributed by atoms with Gasteiger partial charge in [-0.1, -0.05) is 6.92 Å². The van der Waals surface area contributed by atoms with E-state index in [1.165, 1.54) is 20.8 Å². The second-order valence-electron chi connectivity index (χ2n) is 2.62. The summed E-state index contributed by atoms with van der Waals surface area (Å²) in [7, 11) is 0. The maximum absolute atomic E-state index is 10.4. The van der Waals surface area contributed by atoms with Crippen molar-refractivity contribution in [2.24, 2.45) is 0 Å². The predicted molar refractivity (Wildman–Crippen MR) is 48.0 cm³/mol. The summed E-state index contributed by atoms with van der Waals surface area (Å²) in [6.07, 6.45) is 1.03. The van der Waals surface area contributed by atoms with Gasteiger partial charge in [-0.2, -0.15) is 0 Å². The van der Waals surface area contributed by atoms with Crippen molar-refractivity contribution in [3.05, 3.63) is 0 Å². The first-order chi connectivity index (χ1) is 5.90. The monoisotopic (exact) mass is 278 g/mol. The topological polar surface area (TPSA) is 60.4 Å². The molecule has 0 N–H and O–H groups in total. The van der Waals surface area contributed by atoms with Gasteiger partial charge in [0.25, 0.3) is 0 Å². The van der Waals surface area contributed by atoms with Gasteiger partial charge in [0.15, 0.2) is 0 Å². The van der Waals surface area contributed by atoms with Crippen molar-refractivity contribution in [2.75, 3.05) is 0 Å². The van der Waals surface area contributed by atoms with E-state index in [1.807, 2.05) is 6.92 Å². The second kappa shape index (κ2) is 12.7. The molecule has 0 atom stereocenters. The van der Waals surface area contributed by atoms with Crippen LogP contribution in [-0.4, -0.2) is 17.7 Å². The number of carbonyl (C=O) groups is 3. The van der Waals surface area contributed by atoms with Crippen LogP contribution in [0.1, 0.15) is 40.5 Å². The van der Waals surface area contributed by atoms with Crippen LogP contribution in [0.3, 0.4) is 0 Å². The molecule has 0 unspecified atom stereocenters. The number of Topliss-reactive ketones (excluding diaryl/α,β-unsaturated/α-hetero) is 1. The molecular formula is C9H16O4Zr. The van der Waals surface area contributed by atoms with Gasteiger partial charge in [-0.15, -0.1) is 0 Å². The summed E-state index contributed by atoms with van der Waals surface area (Å²) >= 11 is 0. The molecule has 0 amide bonds. The van der Waals surface area contributed by atoms with Gasteiger partial charge in [0, 0.05) is 39.5 Å². The van der Waals surface area contributed by atoms with E-state index in [4.69, 9.17) is 0 Å². The fraction of sp³-hybridized carbons (Fsp3) is 0.667. The molecule has 0 spiro atoms. The van der Waals surface area contributed by atoms with Crippen molar-refractivity contribution in [2.45, 2.75) is 40.5 Å². The van der Waals surface area contributed by atoms with Crippen LogP contribution in [0.5, 0.6) is 0 Å². The minimum atomic E-state index is -0.534. The normalized spacial score (nSPS) is 7.43. The quantitative estimate of drug-likeness (QED) is 0.567. The molecule has 4 nitrogen and oxygen atoms in total. The van der Waals surface area contributed by atoms with Gasteiger partial charge in [-0.25, -0.2) is 0 Å². The molecule has 0 rings (SSSR count). The molecule has 0 saturated heterocycles. The summed E-state index contributed by atoms with van der Waals surface area (Å²) in [5.41, 5.74) is 0. The summed E-state index contributed by atoms with van der Waals surface area (Å²) in [6, 6.07) is 0. The van der Waals surface area contributed by atoms with E-state index in [0.29, 0.717) is 12.8 Å². The smallest absolute Gasteiger partial charge is 0.313 e. The summed E-state index contributed by atoms with van der Waals surface area (Å²) in [6.45, 7) is 6.12. The summed E-state index contributed by atoms with van der Waals surface area (Å²) in [4.78, 5) is 29.9. The molecule has 0 aliphatic carbocycles. The van der Waals surface area contributed by atoms with E-state index < -0.39 is 11.9 Å². The van der Waals surface area contributed by atoms with Crippen molar-refractivity contribution in [1.29, 1.82) is 0 Å². The molecule has 0 aromatic rings. The molecule has 0 saturated carbocycles. The molecular weight excluding hydrogens is 263 g/mol. The largest absolute Gasteiger partial charge is 0.393 e. The predicted octanol–water partition coefficient (Wildman–Crippen LogP) is 1.47. The van der Waals surface area contributed by atoms with Crippen LogP contribution in [0.25, 0.3) is 0 Å². The third-order valence-corrected chi connectivity index (χ3v) is 0.712. The van der Waals surface area contributed by atoms with Crippen molar-refractivity contribution < 1.29 is 45.3 Å². The molecule has 0 bridgehead atoms. The van der Waals surface area contributed by atoms with Crippen molar-refractivity contribution >= 4 is 17.7 Å². The van der Waals surface area contributed by atoms with Gasteiger partial charge in [0.1, 0.15) is 5.78 Å². The molecule has 0 aromatic heterocycles. The maximum atomic E-state index is 10.4. The fourth-order valence-electron chi connectivity index (χ4n) is 0.415. The Morgan fingerprint density at radius 2 is 1.43 bits per heavy atom. The molecule has 0 fully saturated rings. The zero-order chi connectivity index (χ0) is 10.9. The van der Waals surface area contributed by atoms with Crippen LogP contribution in [0.15, 0.2) is 0 Å². The zero-order valence-electron chi connectivity index (χ0n) is 9.05. The SMILES string of the molecule is CC(C)=O.CCCC(=O)OC(C)=O.[Zr]. The minimum Gasteiger partial charge on any atom is -0.393 e. The molecule has 80 valence electrons. The molecule has 5 heteroatoms. The molecule has 14 heavy (non-hydrogen) atoms. The van der Waals surface area contributed by atoms with Crippen molar-refractivity contribution in [3.8, 4) is 0 Å². The number of ether oxygens (including phenoxy) is 1. The Hall–Kier alpha value is -0.307. The maximum Gasteiger partial charge on any atom is 0.313 e. The number of hydrogen-bond donors (Lipinski definition) is 0. The Bertz CT molecular complexity index is 185. The van der Waals surface area contributed by atoms with Gasteiger partial charge >= 0.3 is 11.9 Å². The van der Waals surface area contributed by atoms with E-state index in [1.54, 1.807) is 0 Å². The molecule has 0 heterocycles. The molecule has 0 aliphatic heterocycles. The van der Waals surface area contributed by atoms with Crippen LogP contribution in [-0.2, 0) is 45.3 Å². The third-order valence-electron chi connectivity index (χ3n) is 0.712. The molecule has 0 aromatic carbocycles. The summed E-state index contributed by atoms with van der Waals surface area (Å²) < 4.78 is 4.21. The Kier molecular flexibility index (Phi) is 17.5. The average Bonchev–Trinajstić information content (AvgIpc) is 1.83. The number of carbonyl (C=O) groups excluding carboxylic acids is 3. The van der Waals surface area contributed by atoms with Crippen LogP contribution in [0.2, 0.25) is 0 Å². The van der Waals surface area contributed by atoms with E-state index in [0.717, 1.165) is 0 Å². The van der Waals surface area contributed by atoms with Crippen molar-refractivity contribution in [1.82, 2.24) is 0 Å². The zero-order valence-corrected chi connectivity index (χ0v) is 11.5. The standard InChI is InChI=1S/C6H10O3.C3H6O.Zr/c1-3-4-6(8)9-5(2)7;1-3(2)4;/h3-4H2,1-2H3;1-2H3;. The average molecular weight is 279 g/mol. The van der Waals surface area contributed by atoms with E-state index in [9.17, 15) is 14.4 Å². The first kappa shape index (κ1) is 19.3. The Balaban J connectivity index is -0.000000209. The fourth-order valence-corrected chi connectivity index (χ4v) is 0.415. The minimum absolute atomic E-state index is 0. The van der Waals surface area contributed by atoms with E-state index in [-0.39, 0.29) is 32.0 Å². The van der Waals surface area contributed by atoms with Gasteiger partial charge in [-0.05, 0) is 20.3 Å². The Labute approximate surface area is 104 Å². The second-order valence-corrected chi connectivity index (χ2v) is 2.62. The first-order valence-corrected chi connectivity index (χ1v) is 4.08. The first-order valence-electron chi connectivity index (χ1n) is 4.08. The Morgan fingerprint density at radius 1 is 1.07 bits per heavy atom. The molecule has 0 radical (unpaired) electrons. The van der Waals surface area contributed by atoms with Gasteiger partial charge in [-0.3, -0.25) is 9.59 Å². The summed E-state index contributed by atoms with van der Waals surface area (Å²) in [5, 5.41) is 0. The van der Waals surface area contributed by atoms with E-state index in [2.05, 4.69) is 4.74 Å². The third kappa shape index (κ3) is 29.8. The van der Waals surface area contributed by atoms with E-state index >= 15 is 0 Å². The number of ketones is 1. The van der Waals surface area contributed by atoms with Gasteiger partial charge in [0.05, 0.1) is 0 Å². The summed E-state index contributed by atoms with van der Waals surface area (Å²) in [5.74, 6) is -0.807. The van der Waals surface area contributed by atoms with Crippen LogP contribution < -0.4 is 0 Å². The number of rotatable bonds is 2. The van der Waals surface area contributed by atoms with Crippen LogP contribution in [0, 0.1) is 0 Å². The van der Waals surface area contributed by atoms with Gasteiger partial charge in [0.2, 0.25) is 0 Å². The van der Waals surface area contributed by atoms with Crippen LogP contribution in [0.4, 0.5) is 0 Å². The molecule has 0 aliphatic rings. The number of esters is 2. The Morgan fingerprint density at radius 3 is 1.64 bits per heavy atom. The van der Waals surface area contributed by atoms with Crippen molar-refractivity contribution in [3.63, 3.8) is 0 Å². The van der Waals surface area contributed by atoms with Gasteiger partial charge < -0.3 is 9.53 Å². The van der Waals surface area contributed by atoms with Crippen LogP contribution >= 0.6 is 0 Å².